The molecule has 0 bridgehead atoms. The fourth-order valence-electron chi connectivity index (χ4n) is 2.35. The van der Waals surface area contributed by atoms with Crippen LogP contribution in [0.25, 0.3) is 0 Å². The predicted molar refractivity (Wildman–Crippen MR) is 81.7 cm³/mol. The zero-order valence-corrected chi connectivity index (χ0v) is 12.1. The highest BCUT2D eigenvalue weighted by Crippen LogP contribution is 2.06. The molecule has 0 heterocycles. The Bertz CT molecular complexity index is 179. The third kappa shape index (κ3) is 8.48. The van der Waals surface area contributed by atoms with Crippen molar-refractivity contribution in [1.29, 1.82) is 0 Å². The van der Waals surface area contributed by atoms with E-state index >= 15 is 0 Å². The Morgan fingerprint density at radius 1 is 0.632 bits per heavy atom. The Kier molecular flexibility index (Phi) is 12.6. The van der Waals surface area contributed by atoms with E-state index in [-0.39, 0.29) is 0 Å². The summed E-state index contributed by atoms with van der Waals surface area (Å²) in [5.74, 6) is 0. The minimum Gasteiger partial charge on any atom is -0.330 e. The Hall–Kier alpha value is -0.280. The minimum absolute atomic E-state index is 0.371. The van der Waals surface area contributed by atoms with E-state index in [0.29, 0.717) is 38.8 Å². The van der Waals surface area contributed by atoms with Gasteiger partial charge in [0.05, 0.1) is 0 Å². The SMILES string of the molecule is NCCC(CN(CCN)CCN)N(CCN)CCN. The number of rotatable bonds is 13. The molecule has 0 saturated heterocycles. The molecule has 0 fully saturated rings. The summed E-state index contributed by atoms with van der Waals surface area (Å²) in [5.41, 5.74) is 28.4. The number of nitrogens with zero attached hydrogens (tertiary/aromatic N) is 2. The zero-order chi connectivity index (χ0) is 14.5. The first-order chi connectivity index (χ1) is 9.23. The van der Waals surface area contributed by atoms with Gasteiger partial charge in [-0.25, -0.2) is 0 Å². The number of hydrogen-bond acceptors (Lipinski definition) is 7. The molecule has 0 aromatic rings. The minimum atomic E-state index is 0.371. The molecule has 0 rings (SSSR count). The fourth-order valence-corrected chi connectivity index (χ4v) is 2.35. The average molecular weight is 275 g/mol. The van der Waals surface area contributed by atoms with Crippen molar-refractivity contribution in [3.63, 3.8) is 0 Å². The van der Waals surface area contributed by atoms with E-state index in [2.05, 4.69) is 9.80 Å². The Labute approximate surface area is 117 Å². The Morgan fingerprint density at radius 2 is 1.11 bits per heavy atom. The van der Waals surface area contributed by atoms with Gasteiger partial charge in [-0.15, -0.1) is 0 Å². The molecule has 7 nitrogen and oxygen atoms in total. The second-order valence-electron chi connectivity index (χ2n) is 4.72. The van der Waals surface area contributed by atoms with E-state index < -0.39 is 0 Å². The van der Waals surface area contributed by atoms with Gasteiger partial charge in [-0.3, -0.25) is 9.80 Å². The van der Waals surface area contributed by atoms with Crippen LogP contribution in [0.2, 0.25) is 0 Å². The van der Waals surface area contributed by atoms with E-state index in [1.807, 2.05) is 0 Å². The topological polar surface area (TPSA) is 137 Å². The van der Waals surface area contributed by atoms with Gasteiger partial charge >= 0.3 is 0 Å². The van der Waals surface area contributed by atoms with Gasteiger partial charge in [-0.2, -0.15) is 0 Å². The predicted octanol–water partition coefficient (Wildman–Crippen LogP) is -2.86. The molecule has 1 atom stereocenters. The lowest BCUT2D eigenvalue weighted by Gasteiger charge is -2.35. The molecule has 116 valence electrons. The normalized spacial score (nSPS) is 13.4. The average Bonchev–Trinajstić information content (AvgIpc) is 2.38. The summed E-state index contributed by atoms with van der Waals surface area (Å²) in [7, 11) is 0. The first kappa shape index (κ1) is 18.7. The van der Waals surface area contributed by atoms with Crippen molar-refractivity contribution in [2.24, 2.45) is 28.7 Å². The van der Waals surface area contributed by atoms with Crippen LogP contribution < -0.4 is 28.7 Å². The van der Waals surface area contributed by atoms with E-state index in [0.717, 1.165) is 39.1 Å². The molecule has 1 unspecified atom stereocenters. The van der Waals surface area contributed by atoms with E-state index in [1.54, 1.807) is 0 Å². The van der Waals surface area contributed by atoms with Crippen molar-refractivity contribution in [3.05, 3.63) is 0 Å². The molecule has 0 aliphatic heterocycles. The first-order valence-corrected chi connectivity index (χ1v) is 7.20. The molecule has 0 amide bonds. The van der Waals surface area contributed by atoms with Crippen LogP contribution >= 0.6 is 0 Å². The number of nitrogens with two attached hydrogens (primary N) is 5. The van der Waals surface area contributed by atoms with Crippen molar-refractivity contribution in [1.82, 2.24) is 9.80 Å². The molecule has 0 aromatic heterocycles. The van der Waals surface area contributed by atoms with Gasteiger partial charge in [0.15, 0.2) is 0 Å². The van der Waals surface area contributed by atoms with E-state index in [1.165, 1.54) is 0 Å². The number of hydrogen-bond donors (Lipinski definition) is 5. The summed E-state index contributed by atoms with van der Waals surface area (Å²) >= 11 is 0. The van der Waals surface area contributed by atoms with Gasteiger partial charge < -0.3 is 28.7 Å². The zero-order valence-electron chi connectivity index (χ0n) is 12.1. The van der Waals surface area contributed by atoms with Crippen molar-refractivity contribution in [2.45, 2.75) is 12.5 Å². The molecule has 7 heteroatoms. The third-order valence-electron chi connectivity index (χ3n) is 3.21. The van der Waals surface area contributed by atoms with Gasteiger partial charge in [0, 0.05) is 64.9 Å². The molecule has 0 aliphatic rings. The van der Waals surface area contributed by atoms with Crippen molar-refractivity contribution in [3.8, 4) is 0 Å². The van der Waals surface area contributed by atoms with Crippen LogP contribution in [0.3, 0.4) is 0 Å². The quantitative estimate of drug-likeness (QED) is 0.244. The van der Waals surface area contributed by atoms with Crippen molar-refractivity contribution < 1.29 is 0 Å². The molecule has 10 N–H and O–H groups in total. The smallest absolute Gasteiger partial charge is 0.0236 e. The standard InChI is InChI=1S/C12H33N7/c13-2-1-12(19(9-5-16)10-6-17)11-18(7-3-14)8-4-15/h12H,1-11,13-17H2. The van der Waals surface area contributed by atoms with Crippen LogP contribution in [0.4, 0.5) is 0 Å². The molecule has 0 radical (unpaired) electrons. The molecular formula is C12H33N7. The summed E-state index contributed by atoms with van der Waals surface area (Å²) in [4.78, 5) is 4.62. The Morgan fingerprint density at radius 3 is 1.47 bits per heavy atom. The van der Waals surface area contributed by atoms with Crippen LogP contribution in [0, 0.1) is 0 Å². The maximum absolute atomic E-state index is 5.73. The van der Waals surface area contributed by atoms with Crippen LogP contribution in [0.15, 0.2) is 0 Å². The molecule has 19 heavy (non-hydrogen) atoms. The maximum atomic E-state index is 5.73. The summed E-state index contributed by atoms with van der Waals surface area (Å²) in [6.45, 7) is 7.55. The molecule has 0 saturated carbocycles. The summed E-state index contributed by atoms with van der Waals surface area (Å²) in [6.07, 6.45) is 0.936. The second kappa shape index (κ2) is 12.7. The highest BCUT2D eigenvalue weighted by Gasteiger charge is 2.19. The molecule has 0 aliphatic carbocycles. The summed E-state index contributed by atoms with van der Waals surface area (Å²) in [6, 6.07) is 0.371. The van der Waals surface area contributed by atoms with Crippen LogP contribution in [-0.4, -0.2) is 81.3 Å². The van der Waals surface area contributed by atoms with Gasteiger partial charge in [0.2, 0.25) is 0 Å². The summed E-state index contributed by atoms with van der Waals surface area (Å²) in [5, 5.41) is 0. The molecule has 0 aromatic carbocycles. The van der Waals surface area contributed by atoms with Gasteiger partial charge in [0.25, 0.3) is 0 Å². The van der Waals surface area contributed by atoms with Crippen LogP contribution in [0.1, 0.15) is 6.42 Å². The highest BCUT2D eigenvalue weighted by atomic mass is 15.2. The maximum Gasteiger partial charge on any atom is 0.0236 e. The third-order valence-corrected chi connectivity index (χ3v) is 3.21. The van der Waals surface area contributed by atoms with Crippen LogP contribution in [-0.2, 0) is 0 Å². The fraction of sp³-hybridized carbons (Fsp3) is 1.00. The lowest BCUT2D eigenvalue weighted by molar-refractivity contribution is 0.141. The van der Waals surface area contributed by atoms with E-state index in [9.17, 15) is 0 Å². The van der Waals surface area contributed by atoms with Crippen molar-refractivity contribution in [2.75, 3.05) is 65.4 Å². The van der Waals surface area contributed by atoms with Crippen molar-refractivity contribution >= 4 is 0 Å². The lowest BCUT2D eigenvalue weighted by Crippen LogP contribution is -2.50. The van der Waals surface area contributed by atoms with Gasteiger partial charge in [-0.05, 0) is 13.0 Å². The van der Waals surface area contributed by atoms with Gasteiger partial charge in [0.1, 0.15) is 0 Å². The summed E-state index contributed by atoms with van der Waals surface area (Å²) < 4.78 is 0. The largest absolute Gasteiger partial charge is 0.330 e. The Balaban J connectivity index is 4.53. The lowest BCUT2D eigenvalue weighted by atomic mass is 10.1. The second-order valence-corrected chi connectivity index (χ2v) is 4.72. The van der Waals surface area contributed by atoms with Gasteiger partial charge in [-0.1, -0.05) is 0 Å². The molecular weight excluding hydrogens is 242 g/mol. The first-order valence-electron chi connectivity index (χ1n) is 7.20. The molecule has 0 spiro atoms. The van der Waals surface area contributed by atoms with E-state index in [4.69, 9.17) is 28.7 Å². The highest BCUT2D eigenvalue weighted by molar-refractivity contribution is 4.77. The monoisotopic (exact) mass is 275 g/mol. The van der Waals surface area contributed by atoms with Crippen LogP contribution in [0.5, 0.6) is 0 Å².